The van der Waals surface area contributed by atoms with Crippen molar-refractivity contribution < 1.29 is 32.0 Å². The number of rotatable bonds is 7. The van der Waals surface area contributed by atoms with E-state index in [1.807, 2.05) is 0 Å². The molecule has 0 spiro atoms. The Kier molecular flexibility index (Phi) is 7.54. The zero-order valence-electron chi connectivity index (χ0n) is 18.3. The Morgan fingerprint density at radius 2 is 2.19 bits per heavy atom. The molecule has 10 heteroatoms. The van der Waals surface area contributed by atoms with Crippen LogP contribution in [0, 0.1) is 17.7 Å². The van der Waals surface area contributed by atoms with Gasteiger partial charge in [-0.25, -0.2) is 23.1 Å². The minimum absolute atomic E-state index is 0.151. The lowest BCUT2D eigenvalue weighted by Crippen LogP contribution is -2.52. The van der Waals surface area contributed by atoms with Gasteiger partial charge in [-0.05, 0) is 38.8 Å². The van der Waals surface area contributed by atoms with Crippen LogP contribution < -0.4 is 5.48 Å². The Hall–Kier alpha value is -2.48. The van der Waals surface area contributed by atoms with Crippen LogP contribution in [0.15, 0.2) is 23.4 Å². The van der Waals surface area contributed by atoms with E-state index in [4.69, 9.17) is 14.4 Å². The van der Waals surface area contributed by atoms with Crippen LogP contribution >= 0.6 is 0 Å². The number of hydrogen-bond acceptors (Lipinski definition) is 7. The molecule has 3 atom stereocenters. The Labute approximate surface area is 187 Å². The monoisotopic (exact) mass is 466 g/mol. The Bertz CT molecular complexity index is 1060. The normalized spacial score (nSPS) is 22.7. The fourth-order valence-corrected chi connectivity index (χ4v) is 4.38. The summed E-state index contributed by atoms with van der Waals surface area (Å²) >= 11 is 0. The molecule has 174 valence electrons. The molecule has 0 bridgehead atoms. The van der Waals surface area contributed by atoms with E-state index in [9.17, 15) is 17.6 Å². The largest absolute Gasteiger partial charge is 0.392 e. The first-order valence-corrected chi connectivity index (χ1v) is 12.3. The minimum Gasteiger partial charge on any atom is -0.392 e. The van der Waals surface area contributed by atoms with Crippen molar-refractivity contribution in [2.75, 3.05) is 12.9 Å². The van der Waals surface area contributed by atoms with Gasteiger partial charge in [-0.2, -0.15) is 0 Å². The molecule has 0 aliphatic carbocycles. The second-order valence-electron chi connectivity index (χ2n) is 8.09. The van der Waals surface area contributed by atoms with Gasteiger partial charge in [-0.1, -0.05) is 17.1 Å². The molecule has 1 amide bonds. The van der Waals surface area contributed by atoms with Gasteiger partial charge in [0.15, 0.2) is 20.9 Å². The quantitative estimate of drug-likeness (QED) is 0.489. The van der Waals surface area contributed by atoms with Gasteiger partial charge in [0, 0.05) is 37.7 Å². The molecule has 2 heterocycles. The number of sulfone groups is 1. The first-order chi connectivity index (χ1) is 15.1. The zero-order chi connectivity index (χ0) is 23.4. The molecule has 2 aliphatic heterocycles. The smallest absolute Gasteiger partial charge is 0.264 e. The number of hydroxylamine groups is 1. The number of carbonyl (C=O) groups excluding carboxylic acids is 1. The molecular weight excluding hydrogens is 439 g/mol. The second kappa shape index (κ2) is 9.98. The fourth-order valence-electron chi connectivity index (χ4n) is 3.52. The maximum Gasteiger partial charge on any atom is 0.264 e. The standard InChI is InChI=1S/C22H27FN2O6S/c1-4-7-15-9-10-16(12-18(15)23)19-13-17(30-24-19)14-22(2,32(3,27)28)21(26)25-31-20-8-5-6-11-29-20/h9-10,12,17,20H,5-6,8,11,13-14H2,1-3H3,(H,25,26). The van der Waals surface area contributed by atoms with Crippen LogP contribution in [0.2, 0.25) is 0 Å². The number of oxime groups is 1. The highest BCUT2D eigenvalue weighted by Crippen LogP contribution is 2.30. The van der Waals surface area contributed by atoms with E-state index in [0.29, 0.717) is 24.3 Å². The first-order valence-electron chi connectivity index (χ1n) is 10.4. The average molecular weight is 467 g/mol. The molecule has 1 saturated heterocycles. The van der Waals surface area contributed by atoms with E-state index in [0.717, 1.165) is 19.1 Å². The van der Waals surface area contributed by atoms with E-state index in [-0.39, 0.29) is 18.4 Å². The van der Waals surface area contributed by atoms with Crippen molar-refractivity contribution in [1.29, 1.82) is 0 Å². The summed E-state index contributed by atoms with van der Waals surface area (Å²) < 4.78 is 42.8. The Morgan fingerprint density at radius 3 is 2.81 bits per heavy atom. The van der Waals surface area contributed by atoms with Crippen molar-refractivity contribution >= 4 is 21.5 Å². The number of carbonyl (C=O) groups is 1. The van der Waals surface area contributed by atoms with Crippen LogP contribution in [-0.2, 0) is 29.0 Å². The number of benzene rings is 1. The molecule has 1 aromatic rings. The summed E-state index contributed by atoms with van der Waals surface area (Å²) in [5, 5.41) is 3.99. The number of nitrogens with one attached hydrogen (secondary N) is 1. The molecule has 3 rings (SSSR count). The van der Waals surface area contributed by atoms with Crippen molar-refractivity contribution in [2.45, 2.75) is 63.1 Å². The van der Waals surface area contributed by atoms with Gasteiger partial charge in [0.1, 0.15) is 11.9 Å². The third kappa shape index (κ3) is 5.46. The van der Waals surface area contributed by atoms with Gasteiger partial charge in [-0.3, -0.25) is 4.79 Å². The van der Waals surface area contributed by atoms with Crippen molar-refractivity contribution in [1.82, 2.24) is 5.48 Å². The van der Waals surface area contributed by atoms with Crippen LogP contribution in [0.3, 0.4) is 0 Å². The molecule has 0 radical (unpaired) electrons. The maximum absolute atomic E-state index is 14.2. The lowest BCUT2D eigenvalue weighted by molar-refractivity contribution is -0.201. The van der Waals surface area contributed by atoms with Crippen LogP contribution in [-0.4, -0.2) is 50.0 Å². The van der Waals surface area contributed by atoms with Crippen molar-refractivity contribution in [3.63, 3.8) is 0 Å². The molecule has 1 aromatic carbocycles. The summed E-state index contributed by atoms with van der Waals surface area (Å²) in [7, 11) is -3.84. The lowest BCUT2D eigenvalue weighted by Gasteiger charge is -2.29. The van der Waals surface area contributed by atoms with Crippen LogP contribution in [0.4, 0.5) is 4.39 Å². The highest BCUT2D eigenvalue weighted by atomic mass is 32.2. The van der Waals surface area contributed by atoms with Gasteiger partial charge in [0.2, 0.25) is 0 Å². The van der Waals surface area contributed by atoms with Crippen LogP contribution in [0.1, 0.15) is 57.1 Å². The van der Waals surface area contributed by atoms with E-state index < -0.39 is 38.7 Å². The van der Waals surface area contributed by atoms with E-state index in [1.54, 1.807) is 19.1 Å². The van der Waals surface area contributed by atoms with E-state index in [2.05, 4.69) is 22.5 Å². The minimum atomic E-state index is -3.84. The summed E-state index contributed by atoms with van der Waals surface area (Å²) in [5.74, 6) is 4.03. The molecule has 32 heavy (non-hydrogen) atoms. The van der Waals surface area contributed by atoms with Gasteiger partial charge < -0.3 is 9.57 Å². The maximum atomic E-state index is 14.2. The predicted octanol–water partition coefficient (Wildman–Crippen LogP) is 2.46. The number of hydrogen-bond donors (Lipinski definition) is 1. The van der Waals surface area contributed by atoms with Gasteiger partial charge in [0.05, 0.1) is 11.3 Å². The summed E-state index contributed by atoms with van der Waals surface area (Å²) in [5.41, 5.74) is 3.49. The van der Waals surface area contributed by atoms with Gasteiger partial charge in [-0.15, -0.1) is 5.92 Å². The third-order valence-electron chi connectivity index (χ3n) is 5.63. The van der Waals surface area contributed by atoms with Crippen molar-refractivity contribution in [3.8, 4) is 11.8 Å². The summed E-state index contributed by atoms with van der Waals surface area (Å²) in [6.07, 6.45) is 2.19. The fraction of sp³-hybridized carbons (Fsp3) is 0.545. The molecular formula is C22H27FN2O6S. The summed E-state index contributed by atoms with van der Waals surface area (Å²) in [6, 6.07) is 4.54. The van der Waals surface area contributed by atoms with E-state index >= 15 is 0 Å². The SMILES string of the molecule is CC#Cc1ccc(C2=NOC(CC(C)(C(=O)NOC3CCCCO3)S(C)(=O)=O)C2)cc1F. The molecule has 0 aromatic heterocycles. The topological polar surface area (TPSA) is 103 Å². The Balaban J connectivity index is 1.67. The first kappa shape index (κ1) is 24.2. The predicted molar refractivity (Wildman–Crippen MR) is 116 cm³/mol. The molecule has 1 fully saturated rings. The number of ether oxygens (including phenoxy) is 1. The van der Waals surface area contributed by atoms with Crippen LogP contribution in [0.25, 0.3) is 0 Å². The van der Waals surface area contributed by atoms with Crippen molar-refractivity contribution in [3.05, 3.63) is 35.1 Å². The molecule has 8 nitrogen and oxygen atoms in total. The summed E-state index contributed by atoms with van der Waals surface area (Å²) in [6.45, 7) is 3.46. The zero-order valence-corrected chi connectivity index (χ0v) is 19.1. The lowest BCUT2D eigenvalue weighted by atomic mass is 9.96. The molecule has 1 N–H and O–H groups in total. The van der Waals surface area contributed by atoms with E-state index in [1.165, 1.54) is 13.0 Å². The number of nitrogens with zero attached hydrogens (tertiary/aromatic N) is 1. The molecule has 2 aliphatic rings. The number of amides is 1. The van der Waals surface area contributed by atoms with Crippen molar-refractivity contribution in [2.24, 2.45) is 5.16 Å². The second-order valence-corrected chi connectivity index (χ2v) is 10.5. The molecule has 0 saturated carbocycles. The van der Waals surface area contributed by atoms with Gasteiger partial charge >= 0.3 is 0 Å². The highest BCUT2D eigenvalue weighted by Gasteiger charge is 2.47. The summed E-state index contributed by atoms with van der Waals surface area (Å²) in [4.78, 5) is 23.5. The average Bonchev–Trinajstić information content (AvgIpc) is 3.21. The van der Waals surface area contributed by atoms with Crippen LogP contribution in [0.5, 0.6) is 0 Å². The van der Waals surface area contributed by atoms with Gasteiger partial charge in [0.25, 0.3) is 5.91 Å². The number of halogens is 1. The highest BCUT2D eigenvalue weighted by molar-refractivity contribution is 7.92. The molecule has 3 unspecified atom stereocenters. The third-order valence-corrected chi connectivity index (χ3v) is 7.62. The Morgan fingerprint density at radius 1 is 1.41 bits per heavy atom.